The predicted molar refractivity (Wildman–Crippen MR) is 88.3 cm³/mol. The summed E-state index contributed by atoms with van der Waals surface area (Å²) in [6.07, 6.45) is 2.18. The molecule has 130 valence electrons. The van der Waals surface area contributed by atoms with Crippen molar-refractivity contribution in [3.8, 4) is 0 Å². The van der Waals surface area contributed by atoms with Crippen LogP contribution < -0.4 is 10.9 Å². The summed E-state index contributed by atoms with van der Waals surface area (Å²) in [6.45, 7) is 0.776. The monoisotopic (exact) mass is 346 g/mol. The molecule has 1 aliphatic rings. The molecule has 1 aromatic carbocycles. The third kappa shape index (κ3) is 2.76. The Morgan fingerprint density at radius 1 is 1.32 bits per heavy atom. The number of likely N-dealkylation sites (N-methyl/N-ethyl adjacent to an activating group) is 1. The lowest BCUT2D eigenvalue weighted by molar-refractivity contribution is 0.307. The third-order valence-corrected chi connectivity index (χ3v) is 4.58. The summed E-state index contributed by atoms with van der Waals surface area (Å²) in [5.41, 5.74) is 0.764. The van der Waals surface area contributed by atoms with Crippen molar-refractivity contribution in [2.75, 3.05) is 18.9 Å². The predicted octanol–water partition coefficient (Wildman–Crippen LogP) is 1.78. The number of nitrogens with one attached hydrogen (secondary N) is 3. The van der Waals surface area contributed by atoms with Crippen molar-refractivity contribution >= 4 is 17.0 Å². The molecule has 2 aromatic heterocycles. The lowest BCUT2D eigenvalue weighted by Gasteiger charge is -2.26. The zero-order valence-electron chi connectivity index (χ0n) is 13.4. The number of aromatic nitrogens is 4. The maximum absolute atomic E-state index is 13.6. The molecule has 3 heterocycles. The van der Waals surface area contributed by atoms with Crippen molar-refractivity contribution in [1.82, 2.24) is 25.1 Å². The average molecular weight is 346 g/mol. The van der Waals surface area contributed by atoms with Crippen LogP contribution in [-0.4, -0.2) is 44.7 Å². The summed E-state index contributed by atoms with van der Waals surface area (Å²) >= 11 is 0. The first-order valence-corrected chi connectivity index (χ1v) is 7.88. The van der Waals surface area contributed by atoms with Crippen molar-refractivity contribution in [3.05, 3.63) is 51.9 Å². The fourth-order valence-electron chi connectivity index (χ4n) is 3.37. The van der Waals surface area contributed by atoms with Crippen molar-refractivity contribution in [3.63, 3.8) is 0 Å². The lowest BCUT2D eigenvalue weighted by atomic mass is 10.00. The van der Waals surface area contributed by atoms with E-state index in [2.05, 4.69) is 30.4 Å². The van der Waals surface area contributed by atoms with Gasteiger partial charge in [0.05, 0.1) is 12.2 Å². The van der Waals surface area contributed by atoms with Crippen molar-refractivity contribution in [1.29, 1.82) is 0 Å². The maximum atomic E-state index is 13.6. The molecule has 0 unspecified atom stereocenters. The molecular formula is C16H16F2N6O. The molecular weight excluding hydrogens is 330 g/mol. The van der Waals surface area contributed by atoms with Gasteiger partial charge in [0, 0.05) is 12.6 Å². The molecule has 1 fully saturated rings. The second-order valence-corrected chi connectivity index (χ2v) is 6.19. The Balaban J connectivity index is 1.65. The molecule has 0 aliphatic carbocycles. The van der Waals surface area contributed by atoms with Crippen LogP contribution in [0.2, 0.25) is 0 Å². The van der Waals surface area contributed by atoms with E-state index in [1.165, 1.54) is 12.3 Å². The molecule has 1 aliphatic heterocycles. The molecule has 3 aromatic rings. The minimum atomic E-state index is -0.873. The van der Waals surface area contributed by atoms with Gasteiger partial charge in [-0.2, -0.15) is 10.1 Å². The highest BCUT2D eigenvalue weighted by atomic mass is 19.2. The minimum Gasteiger partial charge on any atom is -0.351 e. The van der Waals surface area contributed by atoms with Gasteiger partial charge in [-0.1, -0.05) is 6.07 Å². The van der Waals surface area contributed by atoms with Crippen LogP contribution in [0.25, 0.3) is 11.0 Å². The number of aromatic amines is 2. The number of halogens is 2. The molecule has 7 nitrogen and oxygen atoms in total. The number of rotatable bonds is 3. The first kappa shape index (κ1) is 15.7. The Bertz CT molecular complexity index is 984. The fourth-order valence-corrected chi connectivity index (χ4v) is 3.37. The summed E-state index contributed by atoms with van der Waals surface area (Å²) in [6, 6.07) is 3.64. The number of likely N-dealkylation sites (tertiary alicyclic amines) is 1. The van der Waals surface area contributed by atoms with E-state index in [9.17, 15) is 13.6 Å². The van der Waals surface area contributed by atoms with Crippen molar-refractivity contribution in [2.45, 2.75) is 18.5 Å². The van der Waals surface area contributed by atoms with Gasteiger partial charge in [-0.05, 0) is 31.2 Å². The molecule has 0 amide bonds. The molecule has 0 radical (unpaired) electrons. The summed E-state index contributed by atoms with van der Waals surface area (Å²) in [5.74, 6) is -1.43. The van der Waals surface area contributed by atoms with Crippen LogP contribution in [0.3, 0.4) is 0 Å². The average Bonchev–Trinajstić information content (AvgIpc) is 3.18. The number of hydrogen-bond donors (Lipinski definition) is 3. The van der Waals surface area contributed by atoms with E-state index in [1.54, 1.807) is 6.07 Å². The number of benzene rings is 1. The second-order valence-electron chi connectivity index (χ2n) is 6.19. The van der Waals surface area contributed by atoms with Crippen LogP contribution in [0, 0.1) is 11.6 Å². The Morgan fingerprint density at radius 3 is 2.96 bits per heavy atom. The summed E-state index contributed by atoms with van der Waals surface area (Å²) in [4.78, 5) is 21.1. The Labute approximate surface area is 141 Å². The van der Waals surface area contributed by atoms with Crippen molar-refractivity contribution < 1.29 is 8.78 Å². The van der Waals surface area contributed by atoms with E-state index in [0.29, 0.717) is 22.5 Å². The first-order valence-electron chi connectivity index (χ1n) is 7.88. The Kier molecular flexibility index (Phi) is 3.72. The normalized spacial score (nSPS) is 21.1. The molecule has 0 spiro atoms. The van der Waals surface area contributed by atoms with Gasteiger partial charge in [-0.15, -0.1) is 0 Å². The van der Waals surface area contributed by atoms with Crippen LogP contribution >= 0.6 is 0 Å². The van der Waals surface area contributed by atoms with Gasteiger partial charge in [0.2, 0.25) is 5.95 Å². The van der Waals surface area contributed by atoms with Crippen LogP contribution in [0.4, 0.5) is 14.7 Å². The largest absolute Gasteiger partial charge is 0.351 e. The molecule has 3 N–H and O–H groups in total. The highest BCUT2D eigenvalue weighted by Gasteiger charge is 2.34. The van der Waals surface area contributed by atoms with E-state index >= 15 is 0 Å². The second kappa shape index (κ2) is 5.92. The highest BCUT2D eigenvalue weighted by molar-refractivity contribution is 5.73. The molecule has 0 bridgehead atoms. The number of hydrogen-bond acceptors (Lipinski definition) is 5. The van der Waals surface area contributed by atoms with Gasteiger partial charge in [-0.25, -0.2) is 8.78 Å². The SMILES string of the molecule is CN1CC[C@@H](Nc2nc3[nH]ncc3c(=O)[nH]2)[C@H]1c1ccc(F)c(F)c1. The van der Waals surface area contributed by atoms with Gasteiger partial charge in [0.15, 0.2) is 17.3 Å². The Hall–Kier alpha value is -2.81. The summed E-state index contributed by atoms with van der Waals surface area (Å²) in [5, 5.41) is 10.1. The van der Waals surface area contributed by atoms with E-state index < -0.39 is 11.6 Å². The molecule has 0 saturated carbocycles. The first-order chi connectivity index (χ1) is 12.0. The Morgan fingerprint density at radius 2 is 2.16 bits per heavy atom. The standard InChI is InChI=1S/C16H16F2N6O/c1-24-5-4-12(13(24)8-2-3-10(17)11(18)6-8)20-16-21-14-9(7-19-23-14)15(25)22-16/h2-3,6-7,12-13H,4-5H2,1H3,(H3,19,20,21,22,23,25)/t12-,13-/m1/s1. The van der Waals surface area contributed by atoms with Gasteiger partial charge in [0.25, 0.3) is 5.56 Å². The number of fused-ring (bicyclic) bond motifs is 1. The summed E-state index contributed by atoms with van der Waals surface area (Å²) in [7, 11) is 1.92. The van der Waals surface area contributed by atoms with Crippen LogP contribution in [0.1, 0.15) is 18.0 Å². The zero-order valence-corrected chi connectivity index (χ0v) is 13.4. The zero-order chi connectivity index (χ0) is 17.6. The minimum absolute atomic E-state index is 0.113. The highest BCUT2D eigenvalue weighted by Crippen LogP contribution is 2.33. The number of nitrogens with zero attached hydrogens (tertiary/aromatic N) is 3. The van der Waals surface area contributed by atoms with E-state index in [1.807, 2.05) is 7.05 Å². The number of H-pyrrole nitrogens is 2. The van der Waals surface area contributed by atoms with E-state index in [0.717, 1.165) is 19.0 Å². The fraction of sp³-hybridized carbons (Fsp3) is 0.312. The maximum Gasteiger partial charge on any atom is 0.263 e. The van der Waals surface area contributed by atoms with Gasteiger partial charge < -0.3 is 5.32 Å². The lowest BCUT2D eigenvalue weighted by Crippen LogP contribution is -2.30. The van der Waals surface area contributed by atoms with Crippen molar-refractivity contribution in [2.24, 2.45) is 0 Å². The topological polar surface area (TPSA) is 89.7 Å². The third-order valence-electron chi connectivity index (χ3n) is 4.58. The van der Waals surface area contributed by atoms with Gasteiger partial charge in [0.1, 0.15) is 5.39 Å². The number of anilines is 1. The molecule has 25 heavy (non-hydrogen) atoms. The molecule has 1 saturated heterocycles. The van der Waals surface area contributed by atoms with Crippen LogP contribution in [0.15, 0.2) is 29.2 Å². The van der Waals surface area contributed by atoms with Crippen LogP contribution in [-0.2, 0) is 0 Å². The van der Waals surface area contributed by atoms with Gasteiger partial charge in [-0.3, -0.25) is 19.8 Å². The smallest absolute Gasteiger partial charge is 0.263 e. The van der Waals surface area contributed by atoms with Gasteiger partial charge >= 0.3 is 0 Å². The summed E-state index contributed by atoms with van der Waals surface area (Å²) < 4.78 is 26.8. The molecule has 9 heteroatoms. The quantitative estimate of drug-likeness (QED) is 0.673. The molecule has 4 rings (SSSR count). The van der Waals surface area contributed by atoms with E-state index in [-0.39, 0.29) is 17.6 Å². The van der Waals surface area contributed by atoms with Crippen LogP contribution in [0.5, 0.6) is 0 Å². The van der Waals surface area contributed by atoms with E-state index in [4.69, 9.17) is 0 Å². The molecule has 2 atom stereocenters.